The molecule has 0 spiro atoms. The number of anilines is 1. The third kappa shape index (κ3) is 5.91. The largest absolute Gasteiger partial charge is 0.322 e. The predicted molar refractivity (Wildman–Crippen MR) is 136 cm³/mol. The Morgan fingerprint density at radius 2 is 1.43 bits per heavy atom. The summed E-state index contributed by atoms with van der Waals surface area (Å²) < 4.78 is 25.1. The van der Waals surface area contributed by atoms with Crippen molar-refractivity contribution in [1.82, 2.24) is 4.83 Å². The Balaban J connectivity index is 1.43. The highest BCUT2D eigenvalue weighted by molar-refractivity contribution is 7.89. The van der Waals surface area contributed by atoms with Crippen molar-refractivity contribution in [3.63, 3.8) is 0 Å². The third-order valence-corrected chi connectivity index (χ3v) is 6.39. The number of rotatable bonds is 8. The second kappa shape index (κ2) is 10.2. The van der Waals surface area contributed by atoms with Gasteiger partial charge in [0.05, 0.1) is 32.6 Å². The summed E-state index contributed by atoms with van der Waals surface area (Å²) in [5.74, 6) is -0.781. The number of fused-ring (bicyclic) bond motifs is 1. The van der Waals surface area contributed by atoms with E-state index in [0.717, 1.165) is 29.0 Å². The monoisotopic (exact) mass is 519 g/mol. The highest BCUT2D eigenvalue weighted by atomic mass is 32.2. The molecular formula is C24H17N5O7S. The SMILES string of the molecule is O=C(Nc1ccc(/C=N/NS(=O)(=O)c2ccc3ccccc3c2)cc1)c1cc([N+](=O)[O-])cc([N+](=O)[O-])c1. The van der Waals surface area contributed by atoms with Gasteiger partial charge in [-0.2, -0.15) is 13.5 Å². The number of nitrogens with one attached hydrogen (secondary N) is 2. The van der Waals surface area contributed by atoms with Crippen molar-refractivity contribution < 1.29 is 23.1 Å². The van der Waals surface area contributed by atoms with Crippen LogP contribution < -0.4 is 10.1 Å². The van der Waals surface area contributed by atoms with E-state index in [4.69, 9.17) is 0 Å². The number of nitro groups is 2. The van der Waals surface area contributed by atoms with Crippen LogP contribution >= 0.6 is 0 Å². The van der Waals surface area contributed by atoms with E-state index in [1.165, 1.54) is 24.4 Å². The van der Waals surface area contributed by atoms with Gasteiger partial charge in [-0.05, 0) is 40.6 Å². The first kappa shape index (κ1) is 24.9. The molecule has 0 heterocycles. The van der Waals surface area contributed by atoms with Gasteiger partial charge in [0, 0.05) is 17.8 Å². The van der Waals surface area contributed by atoms with Gasteiger partial charge < -0.3 is 5.32 Å². The normalized spacial score (nSPS) is 11.4. The summed E-state index contributed by atoms with van der Waals surface area (Å²) in [6, 6.07) is 20.8. The average Bonchev–Trinajstić information content (AvgIpc) is 2.89. The molecule has 0 atom stereocenters. The molecule has 1 amide bonds. The molecule has 186 valence electrons. The summed E-state index contributed by atoms with van der Waals surface area (Å²) in [7, 11) is -3.90. The number of carbonyl (C=O) groups is 1. The summed E-state index contributed by atoms with van der Waals surface area (Å²) in [5, 5.41) is 30.0. The van der Waals surface area contributed by atoms with Crippen LogP contribution in [0.2, 0.25) is 0 Å². The van der Waals surface area contributed by atoms with E-state index in [0.29, 0.717) is 11.3 Å². The van der Waals surface area contributed by atoms with Gasteiger partial charge in [-0.3, -0.25) is 25.0 Å². The molecule has 0 saturated carbocycles. The smallest absolute Gasteiger partial charge is 0.277 e. The van der Waals surface area contributed by atoms with Gasteiger partial charge in [0.1, 0.15) is 0 Å². The number of hydrogen-bond acceptors (Lipinski definition) is 8. The molecule has 0 aliphatic heterocycles. The van der Waals surface area contributed by atoms with Crippen LogP contribution in [0.4, 0.5) is 17.1 Å². The van der Waals surface area contributed by atoms with E-state index in [1.54, 1.807) is 30.3 Å². The molecule has 0 saturated heterocycles. The molecule has 4 aromatic carbocycles. The van der Waals surface area contributed by atoms with Crippen molar-refractivity contribution in [3.05, 3.63) is 116 Å². The van der Waals surface area contributed by atoms with Crippen molar-refractivity contribution in [2.75, 3.05) is 5.32 Å². The van der Waals surface area contributed by atoms with E-state index < -0.39 is 37.2 Å². The number of sulfonamides is 1. The Kier molecular flexibility index (Phi) is 6.88. The number of nitro benzene ring substituents is 2. The van der Waals surface area contributed by atoms with E-state index in [-0.39, 0.29) is 10.5 Å². The molecule has 37 heavy (non-hydrogen) atoms. The molecule has 13 heteroatoms. The van der Waals surface area contributed by atoms with Crippen molar-refractivity contribution in [3.8, 4) is 0 Å². The lowest BCUT2D eigenvalue weighted by Crippen LogP contribution is -2.18. The maximum atomic E-state index is 12.6. The average molecular weight is 519 g/mol. The summed E-state index contributed by atoms with van der Waals surface area (Å²) in [6.07, 6.45) is 1.27. The summed E-state index contributed by atoms with van der Waals surface area (Å²) in [6.45, 7) is 0. The number of amides is 1. The molecule has 4 rings (SSSR count). The van der Waals surface area contributed by atoms with Crippen LogP contribution in [0.25, 0.3) is 10.8 Å². The molecule has 0 aromatic heterocycles. The fourth-order valence-corrected chi connectivity index (χ4v) is 4.18. The van der Waals surface area contributed by atoms with Crippen molar-refractivity contribution in [2.45, 2.75) is 4.90 Å². The number of non-ortho nitro benzene ring substituents is 2. The second-order valence-electron chi connectivity index (χ2n) is 7.69. The van der Waals surface area contributed by atoms with E-state index >= 15 is 0 Å². The van der Waals surface area contributed by atoms with Crippen molar-refractivity contribution >= 4 is 50.0 Å². The van der Waals surface area contributed by atoms with Gasteiger partial charge in [0.25, 0.3) is 27.3 Å². The summed E-state index contributed by atoms with van der Waals surface area (Å²) in [5.41, 5.74) is -0.623. The first-order chi connectivity index (χ1) is 17.6. The molecule has 0 aliphatic carbocycles. The second-order valence-corrected chi connectivity index (χ2v) is 9.35. The lowest BCUT2D eigenvalue weighted by atomic mass is 10.1. The molecule has 4 aromatic rings. The van der Waals surface area contributed by atoms with E-state index in [9.17, 15) is 33.4 Å². The van der Waals surface area contributed by atoms with E-state index in [1.807, 2.05) is 18.2 Å². The van der Waals surface area contributed by atoms with Gasteiger partial charge in [0.15, 0.2) is 0 Å². The van der Waals surface area contributed by atoms with Crippen LogP contribution in [-0.2, 0) is 10.0 Å². The topological polar surface area (TPSA) is 174 Å². The summed E-state index contributed by atoms with van der Waals surface area (Å²) in [4.78, 5) is 35.1. The zero-order chi connectivity index (χ0) is 26.6. The minimum atomic E-state index is -3.90. The van der Waals surface area contributed by atoms with Gasteiger partial charge in [-0.25, -0.2) is 4.83 Å². The molecule has 0 unspecified atom stereocenters. The number of nitrogens with zero attached hydrogens (tertiary/aromatic N) is 3. The third-order valence-electron chi connectivity index (χ3n) is 5.17. The Labute approximate surface area is 209 Å². The van der Waals surface area contributed by atoms with Gasteiger partial charge in [0.2, 0.25) is 0 Å². The van der Waals surface area contributed by atoms with Crippen LogP contribution in [0.1, 0.15) is 15.9 Å². The highest BCUT2D eigenvalue weighted by Gasteiger charge is 2.20. The van der Waals surface area contributed by atoms with Crippen LogP contribution in [0.3, 0.4) is 0 Å². The Hall–Kier alpha value is -5.17. The fraction of sp³-hybridized carbons (Fsp3) is 0. The van der Waals surface area contributed by atoms with E-state index in [2.05, 4.69) is 15.2 Å². The first-order valence-electron chi connectivity index (χ1n) is 10.5. The van der Waals surface area contributed by atoms with Crippen LogP contribution in [0.15, 0.2) is 94.9 Å². The minimum absolute atomic E-state index is 0.0581. The van der Waals surface area contributed by atoms with Crippen LogP contribution in [-0.4, -0.2) is 30.4 Å². The molecular weight excluding hydrogens is 502 g/mol. The first-order valence-corrected chi connectivity index (χ1v) is 12.0. The maximum absolute atomic E-state index is 12.6. The van der Waals surface area contributed by atoms with Gasteiger partial charge >= 0.3 is 0 Å². The Bertz CT molecular complexity index is 1640. The lowest BCUT2D eigenvalue weighted by Gasteiger charge is -2.06. The van der Waals surface area contributed by atoms with Crippen molar-refractivity contribution in [2.24, 2.45) is 5.10 Å². The Morgan fingerprint density at radius 3 is 2.05 bits per heavy atom. The molecule has 12 nitrogen and oxygen atoms in total. The minimum Gasteiger partial charge on any atom is -0.322 e. The molecule has 0 radical (unpaired) electrons. The number of hydrogen-bond donors (Lipinski definition) is 2. The van der Waals surface area contributed by atoms with Gasteiger partial charge in [-0.15, -0.1) is 0 Å². The highest BCUT2D eigenvalue weighted by Crippen LogP contribution is 2.24. The molecule has 2 N–H and O–H groups in total. The number of carbonyl (C=O) groups excluding carboxylic acids is 1. The number of benzene rings is 4. The molecule has 0 aliphatic rings. The zero-order valence-corrected chi connectivity index (χ0v) is 19.6. The van der Waals surface area contributed by atoms with Crippen LogP contribution in [0, 0.1) is 20.2 Å². The molecule has 0 bridgehead atoms. The fourth-order valence-electron chi connectivity index (χ4n) is 3.35. The standard InChI is InChI=1S/C24H17N5O7S/c30-24(19-11-21(28(31)32)14-22(12-19)29(33)34)26-20-8-5-16(6-9-20)15-25-27-37(35,36)23-10-7-17-3-1-2-4-18(17)13-23/h1-15,27H,(H,26,30)/b25-15+. The quantitative estimate of drug-likeness (QED) is 0.199. The van der Waals surface area contributed by atoms with Crippen LogP contribution in [0.5, 0.6) is 0 Å². The Morgan fingerprint density at radius 1 is 0.811 bits per heavy atom. The lowest BCUT2D eigenvalue weighted by molar-refractivity contribution is -0.394. The van der Waals surface area contributed by atoms with Gasteiger partial charge in [-0.1, -0.05) is 42.5 Å². The maximum Gasteiger partial charge on any atom is 0.277 e. The number of hydrazone groups is 1. The summed E-state index contributed by atoms with van der Waals surface area (Å²) >= 11 is 0. The zero-order valence-electron chi connectivity index (χ0n) is 18.8. The van der Waals surface area contributed by atoms with Crippen molar-refractivity contribution in [1.29, 1.82) is 0 Å². The molecule has 0 fully saturated rings. The predicted octanol–water partition coefficient (Wildman–Crippen LogP) is 4.22.